The molecule has 0 bridgehead atoms. The van der Waals surface area contributed by atoms with Gasteiger partial charge >= 0.3 is 11.9 Å². The van der Waals surface area contributed by atoms with Crippen molar-refractivity contribution in [3.8, 4) is 0 Å². The number of benzene rings is 1. The molecule has 14 heteroatoms. The number of nitrogens with two attached hydrogens (primary N) is 2. The van der Waals surface area contributed by atoms with Crippen molar-refractivity contribution in [3.05, 3.63) is 36.0 Å². The van der Waals surface area contributed by atoms with E-state index in [1.54, 1.807) is 30.5 Å². The number of primary amides is 1. The second kappa shape index (κ2) is 13.6. The third-order valence-electron chi connectivity index (χ3n) is 5.51. The molecule has 3 atom stereocenters. The van der Waals surface area contributed by atoms with Crippen LogP contribution in [0.2, 0.25) is 0 Å². The zero-order valence-corrected chi connectivity index (χ0v) is 19.9. The van der Waals surface area contributed by atoms with Gasteiger partial charge < -0.3 is 42.6 Å². The lowest BCUT2D eigenvalue weighted by Gasteiger charge is -2.24. The molecule has 1 aromatic carbocycles. The van der Waals surface area contributed by atoms with Crippen molar-refractivity contribution in [3.63, 3.8) is 0 Å². The Kier molecular flexibility index (Phi) is 10.6. The van der Waals surface area contributed by atoms with Gasteiger partial charge in [0.25, 0.3) is 0 Å². The van der Waals surface area contributed by atoms with E-state index in [9.17, 15) is 33.9 Å². The first-order valence-electron chi connectivity index (χ1n) is 11.4. The van der Waals surface area contributed by atoms with Crippen molar-refractivity contribution < 1.29 is 39.0 Å². The molecule has 0 fully saturated rings. The molecular formula is C23H30N6O8. The summed E-state index contributed by atoms with van der Waals surface area (Å²) in [5.41, 5.74) is 11.9. The number of aliphatic carboxylic acids is 2. The first kappa shape index (κ1) is 28.8. The highest BCUT2D eigenvalue weighted by molar-refractivity contribution is 5.94. The van der Waals surface area contributed by atoms with Crippen LogP contribution in [0.15, 0.2) is 30.5 Å². The van der Waals surface area contributed by atoms with Gasteiger partial charge in [-0.3, -0.25) is 24.0 Å². The second-order valence-electron chi connectivity index (χ2n) is 8.29. The lowest BCUT2D eigenvalue weighted by Crippen LogP contribution is -2.57. The predicted molar refractivity (Wildman–Crippen MR) is 130 cm³/mol. The molecule has 0 saturated carbocycles. The van der Waals surface area contributed by atoms with E-state index in [0.29, 0.717) is 5.56 Å². The summed E-state index contributed by atoms with van der Waals surface area (Å²) < 4.78 is 0. The Morgan fingerprint density at radius 3 is 2.11 bits per heavy atom. The van der Waals surface area contributed by atoms with Crippen molar-refractivity contribution >= 4 is 46.5 Å². The van der Waals surface area contributed by atoms with Gasteiger partial charge in [0.15, 0.2) is 0 Å². The largest absolute Gasteiger partial charge is 0.481 e. The molecule has 1 heterocycles. The van der Waals surface area contributed by atoms with Gasteiger partial charge in [-0.2, -0.15) is 0 Å². The van der Waals surface area contributed by atoms with Crippen molar-refractivity contribution in [2.75, 3.05) is 6.54 Å². The van der Waals surface area contributed by atoms with Crippen LogP contribution < -0.4 is 27.4 Å². The monoisotopic (exact) mass is 518 g/mol. The number of para-hydroxylation sites is 1. The van der Waals surface area contributed by atoms with Crippen molar-refractivity contribution in [2.24, 2.45) is 11.5 Å². The predicted octanol–water partition coefficient (Wildman–Crippen LogP) is -1.66. The van der Waals surface area contributed by atoms with Gasteiger partial charge in [-0.15, -0.1) is 0 Å². The number of amides is 4. The fourth-order valence-electron chi connectivity index (χ4n) is 3.61. The minimum Gasteiger partial charge on any atom is -0.481 e. The Labute approximate surface area is 211 Å². The summed E-state index contributed by atoms with van der Waals surface area (Å²) in [5.74, 6) is -5.77. The van der Waals surface area contributed by atoms with Crippen LogP contribution in [0.3, 0.4) is 0 Å². The molecule has 10 N–H and O–H groups in total. The van der Waals surface area contributed by atoms with Gasteiger partial charge in [0, 0.05) is 36.4 Å². The minimum atomic E-state index is -1.52. The Hall–Kier alpha value is -4.46. The number of fused-ring (bicyclic) bond motifs is 1. The van der Waals surface area contributed by atoms with Crippen molar-refractivity contribution in [1.82, 2.24) is 20.9 Å². The van der Waals surface area contributed by atoms with E-state index >= 15 is 0 Å². The molecule has 200 valence electrons. The zero-order valence-electron chi connectivity index (χ0n) is 19.9. The number of hydrogen-bond donors (Lipinski definition) is 8. The summed E-state index contributed by atoms with van der Waals surface area (Å²) >= 11 is 0. The topological polar surface area (TPSA) is 247 Å². The van der Waals surface area contributed by atoms with Crippen molar-refractivity contribution in [2.45, 2.75) is 50.2 Å². The second-order valence-corrected chi connectivity index (χ2v) is 8.29. The molecule has 2 rings (SSSR count). The SMILES string of the molecule is NCC(=O)NC(CCC(N)=O)C(=O)NC(Cc1c[nH]c2ccccc12)C(=O)NC(CCC(=O)O)C(=O)O. The molecule has 4 amide bonds. The van der Waals surface area contributed by atoms with Gasteiger partial charge in [-0.1, -0.05) is 18.2 Å². The summed E-state index contributed by atoms with van der Waals surface area (Å²) in [6, 6.07) is 3.10. The highest BCUT2D eigenvalue weighted by Gasteiger charge is 2.30. The van der Waals surface area contributed by atoms with Crippen LogP contribution in [0, 0.1) is 0 Å². The standard InChI is InChI=1S/C23H30N6O8/c24-10-19(31)27-15(5-7-18(25)30)21(34)29-17(9-12-11-26-14-4-2-1-3-13(12)14)22(35)28-16(23(36)37)6-8-20(32)33/h1-4,11,15-17,26H,5-10,24H2,(H2,25,30)(H,27,31)(H,28,35)(H,29,34)(H,32,33)(H,36,37). The van der Waals surface area contributed by atoms with Crippen LogP contribution >= 0.6 is 0 Å². The molecule has 14 nitrogen and oxygen atoms in total. The molecule has 0 aliphatic carbocycles. The van der Waals surface area contributed by atoms with Gasteiger partial charge in [0.2, 0.25) is 23.6 Å². The lowest BCUT2D eigenvalue weighted by atomic mass is 10.0. The fourth-order valence-corrected chi connectivity index (χ4v) is 3.61. The van der Waals surface area contributed by atoms with Crippen LogP contribution in [-0.4, -0.2) is 75.4 Å². The quantitative estimate of drug-likeness (QED) is 0.134. The first-order chi connectivity index (χ1) is 17.5. The maximum atomic E-state index is 13.1. The molecule has 0 saturated heterocycles. The van der Waals surface area contributed by atoms with Gasteiger partial charge in [-0.05, 0) is 24.5 Å². The number of aromatic nitrogens is 1. The minimum absolute atomic E-state index is 0.0692. The van der Waals surface area contributed by atoms with E-state index < -0.39 is 66.7 Å². The number of carbonyl (C=O) groups is 6. The van der Waals surface area contributed by atoms with E-state index in [1.165, 1.54) is 0 Å². The summed E-state index contributed by atoms with van der Waals surface area (Å²) in [6.07, 6.45) is 0.287. The molecule has 2 aromatic rings. The zero-order chi connectivity index (χ0) is 27.5. The first-order valence-corrected chi connectivity index (χ1v) is 11.4. The summed E-state index contributed by atoms with van der Waals surface area (Å²) in [7, 11) is 0. The molecule has 0 radical (unpaired) electrons. The van der Waals surface area contributed by atoms with Crippen LogP contribution in [0.4, 0.5) is 0 Å². The number of carboxylic acids is 2. The van der Waals surface area contributed by atoms with Crippen molar-refractivity contribution in [1.29, 1.82) is 0 Å². The van der Waals surface area contributed by atoms with E-state index in [-0.39, 0.29) is 25.7 Å². The molecule has 1 aromatic heterocycles. The lowest BCUT2D eigenvalue weighted by molar-refractivity contribution is -0.143. The molecule has 0 aliphatic heterocycles. The van der Waals surface area contributed by atoms with E-state index in [2.05, 4.69) is 20.9 Å². The normalized spacial score (nSPS) is 13.2. The van der Waals surface area contributed by atoms with Gasteiger partial charge in [0.1, 0.15) is 18.1 Å². The molecule has 37 heavy (non-hydrogen) atoms. The average molecular weight is 519 g/mol. The summed E-state index contributed by atoms with van der Waals surface area (Å²) in [6.45, 7) is -0.427. The van der Waals surface area contributed by atoms with Crippen LogP contribution in [0.1, 0.15) is 31.2 Å². The number of hydrogen-bond acceptors (Lipinski definition) is 7. The third kappa shape index (κ3) is 8.92. The summed E-state index contributed by atoms with van der Waals surface area (Å²) in [4.78, 5) is 74.7. The number of rotatable bonds is 15. The van der Waals surface area contributed by atoms with Gasteiger partial charge in [0.05, 0.1) is 6.54 Å². The maximum Gasteiger partial charge on any atom is 0.326 e. The van der Waals surface area contributed by atoms with E-state index in [0.717, 1.165) is 10.9 Å². The van der Waals surface area contributed by atoms with E-state index in [1.807, 2.05) is 0 Å². The molecule has 0 spiro atoms. The average Bonchev–Trinajstić information content (AvgIpc) is 3.25. The Morgan fingerprint density at radius 2 is 1.49 bits per heavy atom. The highest BCUT2D eigenvalue weighted by Crippen LogP contribution is 2.19. The summed E-state index contributed by atoms with van der Waals surface area (Å²) in [5, 5.41) is 26.2. The third-order valence-corrected chi connectivity index (χ3v) is 5.51. The fraction of sp³-hybridized carbons (Fsp3) is 0.391. The van der Waals surface area contributed by atoms with E-state index in [4.69, 9.17) is 16.6 Å². The number of aromatic amines is 1. The Morgan fingerprint density at radius 1 is 0.865 bits per heavy atom. The number of carboxylic acid groups (broad SMARTS) is 2. The Balaban J connectivity index is 2.31. The van der Waals surface area contributed by atoms with Crippen LogP contribution in [0.25, 0.3) is 10.9 Å². The molecular weight excluding hydrogens is 488 g/mol. The van der Waals surface area contributed by atoms with Crippen LogP contribution in [-0.2, 0) is 35.2 Å². The Bertz CT molecular complexity index is 1160. The maximum absolute atomic E-state index is 13.1. The smallest absolute Gasteiger partial charge is 0.326 e. The van der Waals surface area contributed by atoms with Gasteiger partial charge in [-0.25, -0.2) is 4.79 Å². The highest BCUT2D eigenvalue weighted by atomic mass is 16.4. The molecule has 3 unspecified atom stereocenters. The van der Waals surface area contributed by atoms with Crippen LogP contribution in [0.5, 0.6) is 0 Å². The number of nitrogens with one attached hydrogen (secondary N) is 4. The number of H-pyrrole nitrogens is 1. The molecule has 0 aliphatic rings. The number of carbonyl (C=O) groups excluding carboxylic acids is 4.